The van der Waals surface area contributed by atoms with Crippen molar-refractivity contribution in [1.82, 2.24) is 5.32 Å². The molecule has 2 unspecified atom stereocenters. The lowest BCUT2D eigenvalue weighted by molar-refractivity contribution is 0.339. The maximum Gasteiger partial charge on any atom is 0.151 e. The fourth-order valence-corrected chi connectivity index (χ4v) is 2.81. The first-order valence-corrected chi connectivity index (χ1v) is 9.00. The Kier molecular flexibility index (Phi) is 6.49. The van der Waals surface area contributed by atoms with Gasteiger partial charge in [-0.2, -0.15) is 0 Å². The van der Waals surface area contributed by atoms with Crippen molar-refractivity contribution < 1.29 is 13.2 Å². The lowest BCUT2D eigenvalue weighted by Gasteiger charge is -2.25. The van der Waals surface area contributed by atoms with Gasteiger partial charge in [-0.25, -0.2) is 8.42 Å². The summed E-state index contributed by atoms with van der Waals surface area (Å²) in [7, 11) is -3.11. The van der Waals surface area contributed by atoms with E-state index in [4.69, 9.17) is 4.74 Å². The van der Waals surface area contributed by atoms with Crippen molar-refractivity contribution in [2.75, 3.05) is 19.4 Å². The summed E-state index contributed by atoms with van der Waals surface area (Å²) in [5.74, 6) is 0.772. The molecule has 0 fully saturated rings. The van der Waals surface area contributed by atoms with Crippen LogP contribution in [0.3, 0.4) is 0 Å². The van der Waals surface area contributed by atoms with E-state index in [2.05, 4.69) is 12.2 Å². The zero-order valence-corrected chi connectivity index (χ0v) is 13.5. The summed E-state index contributed by atoms with van der Waals surface area (Å²) in [6, 6.07) is 7.42. The van der Waals surface area contributed by atoms with Gasteiger partial charge in [0, 0.05) is 12.3 Å². The Morgan fingerprint density at radius 1 is 1.30 bits per heavy atom. The molecular weight excluding hydrogens is 274 g/mol. The van der Waals surface area contributed by atoms with Crippen LogP contribution in [-0.4, -0.2) is 33.1 Å². The summed E-state index contributed by atoms with van der Waals surface area (Å²) >= 11 is 0. The van der Waals surface area contributed by atoms with Crippen molar-refractivity contribution in [3.8, 4) is 5.75 Å². The fraction of sp³-hybridized carbons (Fsp3) is 0.600. The van der Waals surface area contributed by atoms with E-state index < -0.39 is 15.1 Å². The molecule has 114 valence electrons. The molecule has 0 saturated carbocycles. The van der Waals surface area contributed by atoms with Crippen LogP contribution in [0.25, 0.3) is 0 Å². The van der Waals surface area contributed by atoms with Crippen LogP contribution < -0.4 is 10.1 Å². The third kappa shape index (κ3) is 4.80. The number of nitrogens with one attached hydrogen (secondary N) is 1. The van der Waals surface area contributed by atoms with Crippen LogP contribution in [0.2, 0.25) is 0 Å². The minimum absolute atomic E-state index is 0.217. The summed E-state index contributed by atoms with van der Waals surface area (Å²) < 4.78 is 29.2. The van der Waals surface area contributed by atoms with Crippen LogP contribution in [-0.2, 0) is 9.84 Å². The monoisotopic (exact) mass is 299 g/mol. The number of hydrogen-bond acceptors (Lipinski definition) is 4. The van der Waals surface area contributed by atoms with E-state index in [1.165, 1.54) is 6.26 Å². The summed E-state index contributed by atoms with van der Waals surface area (Å²) in [4.78, 5) is 0. The Balaban J connectivity index is 3.06. The molecule has 1 aromatic carbocycles. The second-order valence-corrected chi connectivity index (χ2v) is 7.37. The molecule has 0 aliphatic carbocycles. The molecule has 0 radical (unpaired) electrons. The minimum atomic E-state index is -3.11. The summed E-state index contributed by atoms with van der Waals surface area (Å²) in [6.45, 7) is 7.11. The van der Waals surface area contributed by atoms with E-state index in [1.54, 1.807) is 6.92 Å². The topological polar surface area (TPSA) is 55.4 Å². The average Bonchev–Trinajstić information content (AvgIpc) is 2.39. The molecule has 0 aromatic heterocycles. The second kappa shape index (κ2) is 7.64. The van der Waals surface area contributed by atoms with Gasteiger partial charge >= 0.3 is 0 Å². The smallest absolute Gasteiger partial charge is 0.151 e. The first kappa shape index (κ1) is 17.0. The van der Waals surface area contributed by atoms with Gasteiger partial charge in [-0.1, -0.05) is 19.1 Å². The molecular formula is C15H25NO3S. The van der Waals surface area contributed by atoms with Gasteiger partial charge < -0.3 is 10.1 Å². The first-order chi connectivity index (χ1) is 9.40. The van der Waals surface area contributed by atoms with E-state index in [9.17, 15) is 8.42 Å². The van der Waals surface area contributed by atoms with Gasteiger partial charge in [0.05, 0.1) is 11.9 Å². The van der Waals surface area contributed by atoms with Crippen molar-refractivity contribution in [2.24, 2.45) is 0 Å². The van der Waals surface area contributed by atoms with Crippen LogP contribution in [0.4, 0.5) is 0 Å². The molecule has 0 aliphatic rings. The predicted octanol–water partition coefficient (Wildman–Crippen LogP) is 2.56. The molecule has 4 nitrogen and oxygen atoms in total. The molecule has 1 rings (SSSR count). The Morgan fingerprint density at radius 2 is 2.00 bits per heavy atom. The van der Waals surface area contributed by atoms with E-state index >= 15 is 0 Å². The zero-order chi connectivity index (χ0) is 15.2. The number of sulfone groups is 1. The van der Waals surface area contributed by atoms with Crippen molar-refractivity contribution in [3.63, 3.8) is 0 Å². The molecule has 0 amide bonds. The second-order valence-electron chi connectivity index (χ2n) is 4.97. The predicted molar refractivity (Wildman–Crippen MR) is 83.0 cm³/mol. The van der Waals surface area contributed by atoms with Crippen molar-refractivity contribution in [1.29, 1.82) is 0 Å². The normalized spacial score (nSPS) is 14.8. The lowest BCUT2D eigenvalue weighted by Crippen LogP contribution is -2.35. The summed E-state index contributed by atoms with van der Waals surface area (Å²) in [5, 5.41) is 2.85. The highest BCUT2D eigenvalue weighted by atomic mass is 32.2. The van der Waals surface area contributed by atoms with Crippen LogP contribution in [0.15, 0.2) is 24.3 Å². The van der Waals surface area contributed by atoms with Crippen LogP contribution in [0.1, 0.15) is 38.8 Å². The maximum absolute atomic E-state index is 11.8. The van der Waals surface area contributed by atoms with Gasteiger partial charge in [-0.05, 0) is 44.5 Å². The number of hydrogen-bond donors (Lipinski definition) is 1. The van der Waals surface area contributed by atoms with Crippen LogP contribution in [0.5, 0.6) is 5.75 Å². The molecule has 1 aromatic rings. The van der Waals surface area contributed by atoms with Crippen molar-refractivity contribution in [2.45, 2.75) is 38.5 Å². The van der Waals surface area contributed by atoms with E-state index in [0.717, 1.165) is 24.3 Å². The van der Waals surface area contributed by atoms with Gasteiger partial charge in [0.2, 0.25) is 0 Å². The molecule has 0 heterocycles. The minimum Gasteiger partial charge on any atom is -0.494 e. The van der Waals surface area contributed by atoms with Gasteiger partial charge in [-0.3, -0.25) is 0 Å². The first-order valence-electron chi connectivity index (χ1n) is 7.05. The molecule has 2 atom stereocenters. The van der Waals surface area contributed by atoms with Crippen molar-refractivity contribution in [3.05, 3.63) is 29.8 Å². The Hall–Kier alpha value is -1.07. The third-order valence-electron chi connectivity index (χ3n) is 3.29. The highest BCUT2D eigenvalue weighted by molar-refractivity contribution is 7.91. The lowest BCUT2D eigenvalue weighted by atomic mass is 10.0. The molecule has 0 aliphatic heterocycles. The Bertz CT molecular complexity index is 514. The highest BCUT2D eigenvalue weighted by Gasteiger charge is 2.27. The standard InChI is InChI=1S/C15H25NO3S/c1-5-10-16-15(12(3)20(4,17)18)13-8-7-9-14(11-13)19-6-2/h7-9,11-12,15-16H,5-6,10H2,1-4H3. The van der Waals surface area contributed by atoms with E-state index in [-0.39, 0.29) is 6.04 Å². The fourth-order valence-electron chi connectivity index (χ4n) is 2.07. The molecule has 0 bridgehead atoms. The summed E-state index contributed by atoms with van der Waals surface area (Å²) in [6.07, 6.45) is 2.24. The number of rotatable bonds is 8. The van der Waals surface area contributed by atoms with Crippen LogP contribution >= 0.6 is 0 Å². The quantitative estimate of drug-likeness (QED) is 0.801. The Morgan fingerprint density at radius 3 is 2.55 bits per heavy atom. The van der Waals surface area contributed by atoms with Gasteiger partial charge in [0.25, 0.3) is 0 Å². The van der Waals surface area contributed by atoms with Crippen molar-refractivity contribution >= 4 is 9.84 Å². The zero-order valence-electron chi connectivity index (χ0n) is 12.7. The Labute approximate surface area is 122 Å². The van der Waals surface area contributed by atoms with Gasteiger partial charge in [-0.15, -0.1) is 0 Å². The van der Waals surface area contributed by atoms with Gasteiger partial charge in [0.15, 0.2) is 9.84 Å². The molecule has 0 spiro atoms. The van der Waals surface area contributed by atoms with E-state index in [1.807, 2.05) is 31.2 Å². The molecule has 20 heavy (non-hydrogen) atoms. The third-order valence-corrected chi connectivity index (χ3v) is 4.91. The molecule has 1 N–H and O–H groups in total. The van der Waals surface area contributed by atoms with Crippen LogP contribution in [0, 0.1) is 0 Å². The molecule has 5 heteroatoms. The molecule has 0 saturated heterocycles. The highest BCUT2D eigenvalue weighted by Crippen LogP contribution is 2.25. The average molecular weight is 299 g/mol. The number of ether oxygens (including phenoxy) is 1. The SMILES string of the molecule is CCCNC(c1cccc(OCC)c1)C(C)S(C)(=O)=O. The van der Waals surface area contributed by atoms with E-state index in [0.29, 0.717) is 6.61 Å². The maximum atomic E-state index is 11.8. The summed E-state index contributed by atoms with van der Waals surface area (Å²) in [5.41, 5.74) is 0.947. The largest absolute Gasteiger partial charge is 0.494 e. The van der Waals surface area contributed by atoms with Gasteiger partial charge in [0.1, 0.15) is 5.75 Å². The number of benzene rings is 1.